The van der Waals surface area contributed by atoms with Crippen LogP contribution in [-0.4, -0.2) is 54.7 Å². The molecule has 0 aliphatic carbocycles. The molecule has 1 amide bonds. The maximum Gasteiger partial charge on any atom is 0.254 e. The SMILES string of the molecule is Cc1cc(C(=O)N2CCN(S(=O)(=O)c3ccccc3Cl)CC2)c2ccc(F)cc2n1. The first kappa shape index (κ1) is 20.7. The molecule has 1 fully saturated rings. The van der Waals surface area contributed by atoms with E-state index in [1.165, 1.54) is 28.6 Å². The maximum absolute atomic E-state index is 13.6. The smallest absolute Gasteiger partial charge is 0.254 e. The van der Waals surface area contributed by atoms with Crippen LogP contribution >= 0.6 is 11.6 Å². The van der Waals surface area contributed by atoms with Gasteiger partial charge >= 0.3 is 0 Å². The number of aryl methyl sites for hydroxylation is 1. The molecule has 1 saturated heterocycles. The molecule has 1 aliphatic rings. The van der Waals surface area contributed by atoms with E-state index in [1.807, 2.05) is 0 Å². The molecule has 6 nitrogen and oxygen atoms in total. The minimum absolute atomic E-state index is 0.0595. The number of piperazine rings is 1. The molecular formula is C21H19ClFN3O3S. The number of nitrogens with zero attached hydrogens (tertiary/aromatic N) is 3. The second-order valence-corrected chi connectivity index (χ2v) is 9.41. The number of halogens is 2. The molecule has 0 saturated carbocycles. The number of amides is 1. The number of benzene rings is 2. The van der Waals surface area contributed by atoms with Gasteiger partial charge in [-0.15, -0.1) is 0 Å². The van der Waals surface area contributed by atoms with Gasteiger partial charge in [0, 0.05) is 43.3 Å². The fourth-order valence-electron chi connectivity index (χ4n) is 3.61. The molecule has 2 heterocycles. The topological polar surface area (TPSA) is 70.6 Å². The predicted molar refractivity (Wildman–Crippen MR) is 113 cm³/mol. The molecular weight excluding hydrogens is 429 g/mol. The summed E-state index contributed by atoms with van der Waals surface area (Å²) in [5, 5.41) is 0.736. The highest BCUT2D eigenvalue weighted by Crippen LogP contribution is 2.26. The second-order valence-electron chi connectivity index (χ2n) is 7.10. The molecule has 156 valence electrons. The van der Waals surface area contributed by atoms with Crippen LogP contribution in [0.3, 0.4) is 0 Å². The van der Waals surface area contributed by atoms with E-state index in [2.05, 4.69) is 4.98 Å². The van der Waals surface area contributed by atoms with Gasteiger partial charge in [-0.2, -0.15) is 4.31 Å². The van der Waals surface area contributed by atoms with Crippen LogP contribution in [0.25, 0.3) is 10.9 Å². The molecule has 9 heteroatoms. The van der Waals surface area contributed by atoms with Crippen LogP contribution in [0.2, 0.25) is 5.02 Å². The molecule has 2 aromatic carbocycles. The molecule has 3 aromatic rings. The Morgan fingerprint density at radius 2 is 1.77 bits per heavy atom. The van der Waals surface area contributed by atoms with Gasteiger partial charge in [-0.3, -0.25) is 9.78 Å². The van der Waals surface area contributed by atoms with Gasteiger partial charge < -0.3 is 4.90 Å². The Hall–Kier alpha value is -2.55. The molecule has 30 heavy (non-hydrogen) atoms. The molecule has 0 radical (unpaired) electrons. The molecule has 1 aliphatic heterocycles. The monoisotopic (exact) mass is 447 g/mol. The highest BCUT2D eigenvalue weighted by molar-refractivity contribution is 7.89. The highest BCUT2D eigenvalue weighted by atomic mass is 35.5. The molecule has 0 N–H and O–H groups in total. The van der Waals surface area contributed by atoms with Crippen molar-refractivity contribution in [3.8, 4) is 0 Å². The van der Waals surface area contributed by atoms with Crippen molar-refractivity contribution in [3.05, 3.63) is 70.6 Å². The number of hydrogen-bond acceptors (Lipinski definition) is 4. The summed E-state index contributed by atoms with van der Waals surface area (Å²) in [4.78, 5) is 19.1. The highest BCUT2D eigenvalue weighted by Gasteiger charge is 2.32. The first-order chi connectivity index (χ1) is 14.3. The Kier molecular flexibility index (Phi) is 5.48. The van der Waals surface area contributed by atoms with Gasteiger partial charge in [-0.05, 0) is 37.3 Å². The summed E-state index contributed by atoms with van der Waals surface area (Å²) in [5.74, 6) is -0.649. The van der Waals surface area contributed by atoms with Gasteiger partial charge in [0.1, 0.15) is 10.7 Å². The van der Waals surface area contributed by atoms with Gasteiger partial charge in [0.25, 0.3) is 5.91 Å². The fraction of sp³-hybridized carbons (Fsp3) is 0.238. The average Bonchev–Trinajstić information content (AvgIpc) is 2.72. The minimum atomic E-state index is -3.74. The van der Waals surface area contributed by atoms with Crippen LogP contribution in [-0.2, 0) is 10.0 Å². The van der Waals surface area contributed by atoms with E-state index in [0.717, 1.165) is 0 Å². The minimum Gasteiger partial charge on any atom is -0.336 e. The summed E-state index contributed by atoms with van der Waals surface area (Å²) >= 11 is 6.07. The zero-order valence-electron chi connectivity index (χ0n) is 16.2. The summed E-state index contributed by atoms with van der Waals surface area (Å²) in [5.41, 5.74) is 1.45. The summed E-state index contributed by atoms with van der Waals surface area (Å²) in [7, 11) is -3.74. The van der Waals surface area contributed by atoms with E-state index in [9.17, 15) is 17.6 Å². The van der Waals surface area contributed by atoms with Crippen LogP contribution in [0.15, 0.2) is 53.4 Å². The van der Waals surface area contributed by atoms with Crippen LogP contribution in [0, 0.1) is 12.7 Å². The lowest BCUT2D eigenvalue weighted by Crippen LogP contribution is -2.50. The number of fused-ring (bicyclic) bond motifs is 1. The molecule has 0 spiro atoms. The van der Waals surface area contributed by atoms with Crippen LogP contribution < -0.4 is 0 Å². The van der Waals surface area contributed by atoms with Crippen LogP contribution in [0.4, 0.5) is 4.39 Å². The van der Waals surface area contributed by atoms with Crippen molar-refractivity contribution in [2.45, 2.75) is 11.8 Å². The van der Waals surface area contributed by atoms with Gasteiger partial charge in [0.05, 0.1) is 16.1 Å². The van der Waals surface area contributed by atoms with Crippen LogP contribution in [0.1, 0.15) is 16.1 Å². The van der Waals surface area contributed by atoms with Crippen molar-refractivity contribution in [1.29, 1.82) is 0 Å². The van der Waals surface area contributed by atoms with Crippen molar-refractivity contribution in [1.82, 2.24) is 14.2 Å². The maximum atomic E-state index is 13.6. The summed E-state index contributed by atoms with van der Waals surface area (Å²) < 4.78 is 40.7. The van der Waals surface area contributed by atoms with Crippen molar-refractivity contribution in [2.75, 3.05) is 26.2 Å². The molecule has 0 bridgehead atoms. The molecule has 4 rings (SSSR count). The number of rotatable bonds is 3. The van der Waals surface area contributed by atoms with E-state index >= 15 is 0 Å². The van der Waals surface area contributed by atoms with Gasteiger partial charge in [-0.1, -0.05) is 23.7 Å². The fourth-order valence-corrected chi connectivity index (χ4v) is 5.52. The quantitative estimate of drug-likeness (QED) is 0.616. The first-order valence-corrected chi connectivity index (χ1v) is 11.2. The number of carbonyl (C=O) groups excluding carboxylic acids is 1. The molecule has 0 unspecified atom stereocenters. The first-order valence-electron chi connectivity index (χ1n) is 9.38. The number of hydrogen-bond donors (Lipinski definition) is 0. The van der Waals surface area contributed by atoms with Crippen molar-refractivity contribution in [2.24, 2.45) is 0 Å². The number of pyridine rings is 1. The third-order valence-corrected chi connectivity index (χ3v) is 7.51. The predicted octanol–water partition coefficient (Wildman–Crippen LogP) is 3.48. The number of aromatic nitrogens is 1. The van der Waals surface area contributed by atoms with Crippen LogP contribution in [0.5, 0.6) is 0 Å². The Balaban J connectivity index is 1.56. The summed E-state index contributed by atoms with van der Waals surface area (Å²) in [6, 6.07) is 12.1. The third kappa shape index (κ3) is 3.78. The summed E-state index contributed by atoms with van der Waals surface area (Å²) in [6.07, 6.45) is 0. The zero-order valence-corrected chi connectivity index (χ0v) is 17.8. The van der Waals surface area contributed by atoms with E-state index in [0.29, 0.717) is 22.2 Å². The van der Waals surface area contributed by atoms with E-state index in [-0.39, 0.29) is 42.0 Å². The Morgan fingerprint density at radius 1 is 1.07 bits per heavy atom. The standard InChI is InChI=1S/C21H19ClFN3O3S/c1-14-12-17(16-7-6-15(23)13-19(16)24-14)21(27)25-8-10-26(11-9-25)30(28,29)20-5-3-2-4-18(20)22/h2-7,12-13H,8-11H2,1H3. The van der Waals surface area contributed by atoms with Gasteiger partial charge in [0.15, 0.2) is 0 Å². The van der Waals surface area contributed by atoms with E-state index in [4.69, 9.17) is 11.6 Å². The second kappa shape index (κ2) is 7.94. The third-order valence-electron chi connectivity index (χ3n) is 5.11. The number of sulfonamides is 1. The lowest BCUT2D eigenvalue weighted by atomic mass is 10.1. The van der Waals surface area contributed by atoms with Crippen molar-refractivity contribution >= 4 is 38.4 Å². The van der Waals surface area contributed by atoms with Gasteiger partial charge in [-0.25, -0.2) is 12.8 Å². The average molecular weight is 448 g/mol. The van der Waals surface area contributed by atoms with Gasteiger partial charge in [0.2, 0.25) is 10.0 Å². The summed E-state index contributed by atoms with van der Waals surface area (Å²) in [6.45, 7) is 2.56. The molecule has 0 atom stereocenters. The lowest BCUT2D eigenvalue weighted by Gasteiger charge is -2.34. The normalized spacial score (nSPS) is 15.5. The molecule has 1 aromatic heterocycles. The van der Waals surface area contributed by atoms with Crippen molar-refractivity contribution < 1.29 is 17.6 Å². The Morgan fingerprint density at radius 3 is 2.47 bits per heavy atom. The lowest BCUT2D eigenvalue weighted by molar-refractivity contribution is 0.0699. The van der Waals surface area contributed by atoms with E-state index in [1.54, 1.807) is 36.1 Å². The number of carbonyl (C=O) groups is 1. The Bertz CT molecular complexity index is 1240. The zero-order chi connectivity index (χ0) is 21.5. The van der Waals surface area contributed by atoms with Crippen molar-refractivity contribution in [3.63, 3.8) is 0 Å². The largest absolute Gasteiger partial charge is 0.336 e. The Labute approximate surface area is 178 Å². The van der Waals surface area contributed by atoms with E-state index < -0.39 is 15.8 Å².